The number of aromatic nitrogens is 6. The van der Waals surface area contributed by atoms with Crippen LogP contribution >= 0.6 is 27.0 Å². The van der Waals surface area contributed by atoms with Crippen molar-refractivity contribution in [1.29, 1.82) is 0 Å². The Kier molecular flexibility index (Phi) is 15.7. The molecule has 6 aromatic rings. The first-order valence-corrected chi connectivity index (χ1v) is 18.5. The molecule has 2 aliphatic carbocycles. The number of benzene rings is 2. The summed E-state index contributed by atoms with van der Waals surface area (Å²) < 4.78 is 3.51. The molecule has 2 fully saturated rings. The summed E-state index contributed by atoms with van der Waals surface area (Å²) in [6.45, 7) is 7.94. The lowest BCUT2D eigenvalue weighted by molar-refractivity contribution is 0.0513. The molecule has 8 N–H and O–H groups in total. The van der Waals surface area contributed by atoms with Gasteiger partial charge in [0.15, 0.2) is 11.3 Å². The largest absolute Gasteiger partial charge is 0.478 e. The number of fused-ring (bicyclic) bond motifs is 2. The third kappa shape index (κ3) is 12.1. The fraction of sp³-hybridized carbons (Fsp3) is 0.300. The van der Waals surface area contributed by atoms with Gasteiger partial charge in [-0.25, -0.2) is 19.6 Å². The molecule has 4 aromatic heterocycles. The summed E-state index contributed by atoms with van der Waals surface area (Å²) in [5, 5.41) is 38.9. The maximum atomic E-state index is 12.1. The molecule has 312 valence electrons. The van der Waals surface area contributed by atoms with Gasteiger partial charge in [-0.15, -0.1) is 0 Å². The van der Waals surface area contributed by atoms with Crippen LogP contribution in [0, 0.1) is 25.7 Å². The maximum absolute atomic E-state index is 12.1. The quantitative estimate of drug-likeness (QED) is 0.0275. The smallest absolute Gasteiger partial charge is 0.365 e. The first-order chi connectivity index (χ1) is 27.4. The van der Waals surface area contributed by atoms with Gasteiger partial charge in [0.2, 0.25) is 0 Å². The molecule has 8 rings (SSSR count). The van der Waals surface area contributed by atoms with Crippen LogP contribution in [0.2, 0.25) is 0 Å². The van der Waals surface area contributed by atoms with Crippen LogP contribution in [0.25, 0.3) is 11.3 Å². The van der Waals surface area contributed by atoms with E-state index < -0.39 is 11.9 Å². The van der Waals surface area contributed by atoms with Crippen LogP contribution in [0.3, 0.4) is 0 Å². The number of nitrogens with zero attached hydrogens (tertiary/aromatic N) is 8. The highest BCUT2D eigenvalue weighted by atomic mass is 32.1. The molecule has 0 unspecified atom stereocenters. The number of carbonyl (C=O) groups is 2. The lowest BCUT2D eigenvalue weighted by atomic mass is 10.1. The Balaban J connectivity index is 0.000000221. The first kappa shape index (κ1) is 45.4. The molecule has 0 spiro atoms. The van der Waals surface area contributed by atoms with Gasteiger partial charge >= 0.3 is 11.9 Å². The van der Waals surface area contributed by atoms with Crippen LogP contribution in [0.4, 0.5) is 11.6 Å². The van der Waals surface area contributed by atoms with Crippen molar-refractivity contribution in [2.75, 3.05) is 10.6 Å². The van der Waals surface area contributed by atoms with E-state index in [0.717, 1.165) is 71.1 Å². The van der Waals surface area contributed by atoms with Crippen molar-refractivity contribution < 1.29 is 24.7 Å². The van der Waals surface area contributed by atoms with Gasteiger partial charge in [0.25, 0.3) is 0 Å². The van der Waals surface area contributed by atoms with Crippen molar-refractivity contribution >= 4 is 73.5 Å². The van der Waals surface area contributed by atoms with Crippen molar-refractivity contribution in [1.82, 2.24) is 29.2 Å². The number of anilines is 2. The summed E-state index contributed by atoms with van der Waals surface area (Å²) in [5.74, 6) is 1.70. The minimum atomic E-state index is -0.921. The number of nitrogens with one attached hydrogen (secondary N) is 2. The second kappa shape index (κ2) is 20.4. The number of oxime groups is 2. The second-order valence-corrected chi connectivity index (χ2v) is 14.0. The van der Waals surface area contributed by atoms with Crippen LogP contribution < -0.4 is 22.1 Å². The van der Waals surface area contributed by atoms with Crippen molar-refractivity contribution in [2.24, 2.45) is 33.6 Å². The van der Waals surface area contributed by atoms with Gasteiger partial charge in [-0.2, -0.15) is 46.2 Å². The fourth-order valence-corrected chi connectivity index (χ4v) is 5.78. The summed E-state index contributed by atoms with van der Waals surface area (Å²) >= 11 is 0. The fourth-order valence-electron chi connectivity index (χ4n) is 5.78. The second-order valence-electron chi connectivity index (χ2n) is 14.0. The Bertz CT molecular complexity index is 2410. The summed E-state index contributed by atoms with van der Waals surface area (Å²) in [4.78, 5) is 36.8. The van der Waals surface area contributed by atoms with E-state index in [1.165, 1.54) is 0 Å². The predicted octanol–water partition coefficient (Wildman–Crippen LogP) is 6.33. The molecule has 0 bridgehead atoms. The number of hydrogen-bond acceptors (Lipinski definition) is 12. The van der Waals surface area contributed by atoms with Crippen LogP contribution in [0.1, 0.15) is 94.8 Å². The molecule has 0 amide bonds. The van der Waals surface area contributed by atoms with Crippen molar-refractivity contribution in [3.63, 3.8) is 0 Å². The zero-order valence-electron chi connectivity index (χ0n) is 33.1. The third-order valence-electron chi connectivity index (χ3n) is 9.35. The SMILES string of the molecule is Cc1cc(N[C@@H](C)c2ccc(C(=O)O)cc2)n2nccc2n1.Cc1cc(N[C@@H](C)c2ccc(C(=O)O/N=C(\N)C3CC3)cc2)n2nccc2n1.N/C(=N\O)C1CC1.S.S. The van der Waals surface area contributed by atoms with Crippen molar-refractivity contribution in [2.45, 2.75) is 65.5 Å². The number of aromatic carboxylic acids is 1. The van der Waals surface area contributed by atoms with Gasteiger partial charge in [0.1, 0.15) is 23.3 Å². The molecule has 2 aliphatic rings. The number of carboxylic acid groups (broad SMARTS) is 1. The topological polar surface area (TPSA) is 245 Å². The summed E-state index contributed by atoms with van der Waals surface area (Å²) in [7, 11) is 0. The normalized spacial score (nSPS) is 14.6. The molecule has 4 heterocycles. The highest BCUT2D eigenvalue weighted by molar-refractivity contribution is 7.59. The van der Waals surface area contributed by atoms with Crippen molar-refractivity contribution in [3.05, 3.63) is 119 Å². The number of rotatable bonds is 11. The van der Waals surface area contributed by atoms with Gasteiger partial charge in [-0.3, -0.25) is 0 Å². The Hall–Kier alpha value is -6.34. The average Bonchev–Trinajstić information content (AvgIpc) is 4.14. The number of nitrogens with two attached hydrogens (primary N) is 2. The predicted molar refractivity (Wildman–Crippen MR) is 236 cm³/mol. The van der Waals surface area contributed by atoms with E-state index in [2.05, 4.69) is 41.1 Å². The van der Waals surface area contributed by atoms with Gasteiger partial charge in [0, 0.05) is 59.6 Å². The molecule has 0 aliphatic heterocycles. The summed E-state index contributed by atoms with van der Waals surface area (Å²) in [6, 6.07) is 21.7. The number of hydrogen-bond donors (Lipinski definition) is 6. The molecule has 19 heteroatoms. The van der Waals surface area contributed by atoms with Gasteiger partial charge in [-0.05, 0) is 88.8 Å². The van der Waals surface area contributed by atoms with E-state index in [9.17, 15) is 9.59 Å². The monoisotopic (exact) mass is 842 g/mol. The molecular formula is C40H50N12O5S2. The zero-order valence-corrected chi connectivity index (χ0v) is 35.1. The van der Waals surface area contributed by atoms with Crippen molar-refractivity contribution in [3.8, 4) is 0 Å². The minimum Gasteiger partial charge on any atom is -0.478 e. The van der Waals surface area contributed by atoms with Crippen LogP contribution in [0.15, 0.2) is 95.5 Å². The highest BCUT2D eigenvalue weighted by Crippen LogP contribution is 2.29. The molecule has 2 saturated carbocycles. The van der Waals surface area contributed by atoms with Crippen LogP contribution in [-0.4, -0.2) is 63.1 Å². The minimum absolute atomic E-state index is 0. The number of carboxylic acids is 1. The molecular weight excluding hydrogens is 793 g/mol. The van der Waals surface area contributed by atoms with Gasteiger partial charge in [0.05, 0.1) is 23.5 Å². The van der Waals surface area contributed by atoms with E-state index in [0.29, 0.717) is 23.2 Å². The van der Waals surface area contributed by atoms with E-state index in [1.807, 2.05) is 76.2 Å². The van der Waals surface area contributed by atoms with Crippen LogP contribution in [0.5, 0.6) is 0 Å². The molecule has 0 saturated heterocycles. The van der Waals surface area contributed by atoms with E-state index >= 15 is 0 Å². The Morgan fingerprint density at radius 3 is 1.54 bits per heavy atom. The van der Waals surface area contributed by atoms with Gasteiger partial charge < -0.3 is 37.3 Å². The molecule has 59 heavy (non-hydrogen) atoms. The highest BCUT2D eigenvalue weighted by Gasteiger charge is 2.27. The number of carbonyl (C=O) groups excluding carboxylic acids is 1. The molecule has 2 atom stereocenters. The number of aryl methyl sites for hydroxylation is 2. The maximum Gasteiger partial charge on any atom is 0.365 e. The number of amidine groups is 2. The summed E-state index contributed by atoms with van der Waals surface area (Å²) in [6.07, 6.45) is 7.63. The standard InChI is InChI=1S/C20H22N6O2.C16H16N4O2.C4H8N2O.2H2S/c1-12-11-18(26-17(23-12)9-10-22-26)24-13(2)14-3-7-16(8-4-14)20(27)28-25-19(21)15-5-6-15;1-10-9-15(20-14(18-10)7-8-17-20)19-11(2)12-3-5-13(6-4-12)16(21)22;5-4(6-7)3-1-2-3;;/h3-4,7-11,13,15,24H,5-6H2,1-2H3,(H2,21,25);3-9,11,19H,1-2H3,(H,21,22);3,7H,1-2H2,(H2,5,6);2*1H2/t13-;11-;;;/m00.../s1. The van der Waals surface area contributed by atoms with E-state index in [-0.39, 0.29) is 50.6 Å². The van der Waals surface area contributed by atoms with Gasteiger partial charge in [-0.1, -0.05) is 34.6 Å². The summed E-state index contributed by atoms with van der Waals surface area (Å²) in [5.41, 5.74) is 17.0. The Labute approximate surface area is 354 Å². The molecule has 0 radical (unpaired) electrons. The third-order valence-corrected chi connectivity index (χ3v) is 9.35. The Morgan fingerprint density at radius 2 is 1.15 bits per heavy atom. The molecule has 2 aromatic carbocycles. The Morgan fingerprint density at radius 1 is 0.729 bits per heavy atom. The first-order valence-electron chi connectivity index (χ1n) is 18.5. The zero-order chi connectivity index (χ0) is 40.6. The van der Waals surface area contributed by atoms with E-state index in [4.69, 9.17) is 26.6 Å². The lowest BCUT2D eigenvalue weighted by Gasteiger charge is -2.17. The van der Waals surface area contributed by atoms with E-state index in [1.54, 1.807) is 45.7 Å². The molecule has 17 nitrogen and oxygen atoms in total. The van der Waals surface area contributed by atoms with Crippen LogP contribution in [-0.2, 0) is 4.84 Å². The average molecular weight is 843 g/mol. The lowest BCUT2D eigenvalue weighted by Crippen LogP contribution is -2.16.